The third kappa shape index (κ3) is 4.97. The van der Waals surface area contributed by atoms with E-state index < -0.39 is 0 Å². The van der Waals surface area contributed by atoms with Gasteiger partial charge in [0.25, 0.3) is 5.91 Å². The number of benzene rings is 2. The molecule has 1 aromatic heterocycles. The van der Waals surface area contributed by atoms with Gasteiger partial charge in [-0.25, -0.2) is 5.43 Å². The van der Waals surface area contributed by atoms with Gasteiger partial charge in [0, 0.05) is 27.7 Å². The highest BCUT2D eigenvalue weighted by Gasteiger charge is 2.10. The van der Waals surface area contributed by atoms with E-state index in [-0.39, 0.29) is 12.5 Å². The van der Waals surface area contributed by atoms with E-state index >= 15 is 0 Å². The Morgan fingerprint density at radius 3 is 2.52 bits per heavy atom. The van der Waals surface area contributed by atoms with E-state index in [0.717, 1.165) is 22.6 Å². The predicted molar refractivity (Wildman–Crippen MR) is 114 cm³/mol. The maximum absolute atomic E-state index is 12.0. The number of rotatable bonds is 7. The summed E-state index contributed by atoms with van der Waals surface area (Å²) in [5, 5.41) is 4.74. The summed E-state index contributed by atoms with van der Waals surface area (Å²) < 4.78 is 12.8. The van der Waals surface area contributed by atoms with Crippen molar-refractivity contribution < 1.29 is 14.3 Å². The Balaban J connectivity index is 1.62. The molecule has 0 saturated carbocycles. The molecule has 1 amide bonds. The van der Waals surface area contributed by atoms with Crippen LogP contribution in [0.2, 0.25) is 5.02 Å². The van der Waals surface area contributed by atoms with Crippen molar-refractivity contribution in [2.45, 2.75) is 13.8 Å². The van der Waals surface area contributed by atoms with Crippen LogP contribution in [0.5, 0.6) is 11.5 Å². The van der Waals surface area contributed by atoms with Gasteiger partial charge in [-0.05, 0) is 56.3 Å². The number of hydrogen-bond donors (Lipinski definition) is 1. The summed E-state index contributed by atoms with van der Waals surface area (Å²) in [6.45, 7) is 3.84. The second kappa shape index (κ2) is 9.30. The largest absolute Gasteiger partial charge is 0.493 e. The number of aromatic nitrogens is 1. The van der Waals surface area contributed by atoms with E-state index in [9.17, 15) is 4.79 Å². The first kappa shape index (κ1) is 20.5. The van der Waals surface area contributed by atoms with Crippen LogP contribution in [-0.2, 0) is 4.79 Å². The number of ether oxygens (including phenoxy) is 2. The number of carbonyl (C=O) groups excluding carboxylic acids is 1. The number of nitrogens with one attached hydrogen (secondary N) is 1. The molecular weight excluding hydrogens is 390 g/mol. The summed E-state index contributed by atoms with van der Waals surface area (Å²) in [7, 11) is 1.55. The predicted octanol–water partition coefficient (Wildman–Crippen LogP) is 4.29. The lowest BCUT2D eigenvalue weighted by Crippen LogP contribution is -2.24. The Bertz CT molecular complexity index is 1030. The number of amides is 1. The van der Waals surface area contributed by atoms with Crippen LogP contribution in [0.4, 0.5) is 0 Å². The zero-order chi connectivity index (χ0) is 20.8. The maximum Gasteiger partial charge on any atom is 0.277 e. The monoisotopic (exact) mass is 411 g/mol. The van der Waals surface area contributed by atoms with E-state index in [1.165, 1.54) is 0 Å². The van der Waals surface area contributed by atoms with Gasteiger partial charge < -0.3 is 14.0 Å². The summed E-state index contributed by atoms with van der Waals surface area (Å²) in [5.41, 5.74) is 6.46. The SMILES string of the molecule is COc1ccccc1OCC(=O)N/N=C\c1cc(C)n(-c2ccc(Cl)cc2)c1C. The topological polar surface area (TPSA) is 64.8 Å². The highest BCUT2D eigenvalue weighted by atomic mass is 35.5. The summed E-state index contributed by atoms with van der Waals surface area (Å²) in [6.07, 6.45) is 1.62. The zero-order valence-corrected chi connectivity index (χ0v) is 17.2. The van der Waals surface area contributed by atoms with E-state index in [0.29, 0.717) is 16.5 Å². The summed E-state index contributed by atoms with van der Waals surface area (Å²) >= 11 is 5.98. The second-order valence-electron chi connectivity index (χ2n) is 6.37. The molecule has 6 nitrogen and oxygen atoms in total. The van der Waals surface area contributed by atoms with E-state index in [2.05, 4.69) is 15.1 Å². The Morgan fingerprint density at radius 1 is 1.14 bits per heavy atom. The minimum Gasteiger partial charge on any atom is -0.493 e. The zero-order valence-electron chi connectivity index (χ0n) is 16.5. The molecule has 0 spiro atoms. The van der Waals surface area contributed by atoms with Crippen molar-refractivity contribution in [3.8, 4) is 17.2 Å². The number of aryl methyl sites for hydroxylation is 1. The van der Waals surface area contributed by atoms with Crippen LogP contribution in [0.3, 0.4) is 0 Å². The fourth-order valence-corrected chi connectivity index (χ4v) is 3.12. The lowest BCUT2D eigenvalue weighted by Gasteiger charge is -2.09. The Labute approximate surface area is 174 Å². The van der Waals surface area contributed by atoms with Crippen molar-refractivity contribution >= 4 is 23.7 Å². The molecule has 3 aromatic rings. The van der Waals surface area contributed by atoms with Crippen molar-refractivity contribution in [2.75, 3.05) is 13.7 Å². The van der Waals surface area contributed by atoms with Gasteiger partial charge in [0.2, 0.25) is 0 Å². The average Bonchev–Trinajstić information content (AvgIpc) is 3.00. The number of carbonyl (C=O) groups is 1. The van der Waals surface area contributed by atoms with Crippen molar-refractivity contribution in [2.24, 2.45) is 5.10 Å². The molecule has 0 atom stereocenters. The van der Waals surface area contributed by atoms with Crippen LogP contribution in [0.15, 0.2) is 59.7 Å². The lowest BCUT2D eigenvalue weighted by atomic mass is 10.2. The van der Waals surface area contributed by atoms with Gasteiger partial charge in [-0.15, -0.1) is 0 Å². The van der Waals surface area contributed by atoms with Gasteiger partial charge in [-0.1, -0.05) is 23.7 Å². The average molecular weight is 412 g/mol. The second-order valence-corrected chi connectivity index (χ2v) is 6.81. The molecule has 0 unspecified atom stereocenters. The minimum atomic E-state index is -0.362. The minimum absolute atomic E-state index is 0.165. The molecule has 0 aliphatic heterocycles. The van der Waals surface area contributed by atoms with Crippen LogP contribution in [0.1, 0.15) is 17.0 Å². The van der Waals surface area contributed by atoms with Crippen molar-refractivity contribution in [3.05, 3.63) is 76.6 Å². The van der Waals surface area contributed by atoms with E-state index in [4.69, 9.17) is 21.1 Å². The lowest BCUT2D eigenvalue weighted by molar-refractivity contribution is -0.123. The number of hydrogen-bond acceptors (Lipinski definition) is 4. The first-order valence-electron chi connectivity index (χ1n) is 9.02. The fraction of sp³-hybridized carbons (Fsp3) is 0.182. The number of hydrazone groups is 1. The Hall–Kier alpha value is -3.25. The van der Waals surface area contributed by atoms with Gasteiger partial charge >= 0.3 is 0 Å². The van der Waals surface area contributed by atoms with Crippen LogP contribution >= 0.6 is 11.6 Å². The van der Waals surface area contributed by atoms with Gasteiger partial charge in [0.15, 0.2) is 18.1 Å². The Kier molecular flexibility index (Phi) is 6.57. The molecule has 0 fully saturated rings. The van der Waals surface area contributed by atoms with Crippen LogP contribution in [0.25, 0.3) is 5.69 Å². The molecule has 29 heavy (non-hydrogen) atoms. The molecule has 0 bridgehead atoms. The van der Waals surface area contributed by atoms with Crippen LogP contribution < -0.4 is 14.9 Å². The van der Waals surface area contributed by atoms with Gasteiger partial charge in [-0.2, -0.15) is 5.10 Å². The maximum atomic E-state index is 12.0. The number of nitrogens with zero attached hydrogens (tertiary/aromatic N) is 2. The highest BCUT2D eigenvalue weighted by Crippen LogP contribution is 2.25. The smallest absolute Gasteiger partial charge is 0.277 e. The van der Waals surface area contributed by atoms with Crippen LogP contribution in [-0.4, -0.2) is 30.4 Å². The summed E-state index contributed by atoms with van der Waals surface area (Å²) in [4.78, 5) is 12.0. The van der Waals surface area contributed by atoms with Gasteiger partial charge in [-0.3, -0.25) is 4.79 Å². The molecule has 7 heteroatoms. The quantitative estimate of drug-likeness (QED) is 0.466. The first-order valence-corrected chi connectivity index (χ1v) is 9.40. The summed E-state index contributed by atoms with van der Waals surface area (Å²) in [6, 6.07) is 16.8. The molecule has 1 heterocycles. The van der Waals surface area contributed by atoms with Crippen molar-refractivity contribution in [1.82, 2.24) is 9.99 Å². The molecular formula is C22H22ClN3O3. The molecule has 0 aliphatic rings. The Morgan fingerprint density at radius 2 is 1.83 bits per heavy atom. The molecule has 1 N–H and O–H groups in total. The van der Waals surface area contributed by atoms with Crippen LogP contribution in [0, 0.1) is 13.8 Å². The van der Waals surface area contributed by atoms with Crippen molar-refractivity contribution in [3.63, 3.8) is 0 Å². The summed E-state index contributed by atoms with van der Waals surface area (Å²) in [5.74, 6) is 0.706. The molecule has 0 aliphatic carbocycles. The number of halogens is 1. The van der Waals surface area contributed by atoms with Crippen molar-refractivity contribution in [1.29, 1.82) is 0 Å². The molecule has 0 saturated heterocycles. The van der Waals surface area contributed by atoms with E-state index in [1.807, 2.05) is 56.3 Å². The fourth-order valence-electron chi connectivity index (χ4n) is 2.99. The number of methoxy groups -OCH3 is 1. The van der Waals surface area contributed by atoms with Gasteiger partial charge in [0.05, 0.1) is 13.3 Å². The molecule has 2 aromatic carbocycles. The molecule has 3 rings (SSSR count). The standard InChI is InChI=1S/C22H22ClN3O3/c1-15-12-17(16(2)26(15)19-10-8-18(23)9-11-19)13-24-25-22(27)14-29-21-7-5-4-6-20(21)28-3/h4-13H,14H2,1-3H3,(H,25,27)/b24-13-. The third-order valence-electron chi connectivity index (χ3n) is 4.38. The van der Waals surface area contributed by atoms with Gasteiger partial charge in [0.1, 0.15) is 0 Å². The first-order chi connectivity index (χ1) is 14.0. The molecule has 150 valence electrons. The normalized spacial score (nSPS) is 10.9. The third-order valence-corrected chi connectivity index (χ3v) is 4.63. The van der Waals surface area contributed by atoms with E-state index in [1.54, 1.807) is 25.5 Å². The number of para-hydroxylation sites is 2. The highest BCUT2D eigenvalue weighted by molar-refractivity contribution is 6.30. The molecule has 0 radical (unpaired) electrons.